The first-order valence-electron chi connectivity index (χ1n) is 5.79. The number of thiocarbonyl (C=S) groups is 1. The van der Waals surface area contributed by atoms with Gasteiger partial charge in [0.2, 0.25) is 0 Å². The summed E-state index contributed by atoms with van der Waals surface area (Å²) in [5.74, 6) is 0. The Morgan fingerprint density at radius 1 is 1.35 bits per heavy atom. The van der Waals surface area contributed by atoms with Gasteiger partial charge < -0.3 is 20.7 Å². The van der Waals surface area contributed by atoms with Gasteiger partial charge in [-0.1, -0.05) is 39.9 Å². The molecule has 0 bridgehead atoms. The van der Waals surface area contributed by atoms with Crippen LogP contribution in [0.3, 0.4) is 0 Å². The minimum absolute atomic E-state index is 0.421. The lowest BCUT2D eigenvalue weighted by Crippen LogP contribution is -2.24. The van der Waals surface area contributed by atoms with E-state index in [2.05, 4.69) is 28.2 Å². The molecule has 0 aliphatic heterocycles. The highest BCUT2D eigenvalue weighted by molar-refractivity contribution is 7.78. The third-order valence-electron chi connectivity index (χ3n) is 1.37. The lowest BCUT2D eigenvalue weighted by molar-refractivity contribution is -0.107. The van der Waals surface area contributed by atoms with Crippen LogP contribution in [0.2, 0.25) is 0 Å². The molecule has 17 heavy (non-hydrogen) atoms. The van der Waals surface area contributed by atoms with Gasteiger partial charge in [0.05, 0.1) is 12.0 Å². The van der Waals surface area contributed by atoms with Gasteiger partial charge in [-0.05, 0) is 6.92 Å². The lowest BCUT2D eigenvalue weighted by Gasteiger charge is -2.00. The molecule has 102 valence electrons. The highest BCUT2D eigenvalue weighted by Crippen LogP contribution is 1.76. The van der Waals surface area contributed by atoms with Crippen LogP contribution in [0.5, 0.6) is 0 Å². The van der Waals surface area contributed by atoms with Crippen molar-refractivity contribution in [3.63, 3.8) is 0 Å². The largest absolute Gasteiger partial charge is 0.390 e. The summed E-state index contributed by atoms with van der Waals surface area (Å²) in [7, 11) is 1.86. The van der Waals surface area contributed by atoms with E-state index in [1.54, 1.807) is 6.20 Å². The van der Waals surface area contributed by atoms with Crippen LogP contribution in [0.25, 0.3) is 0 Å². The molecule has 0 aromatic heterocycles. The molecule has 0 amide bonds. The third-order valence-corrected chi connectivity index (χ3v) is 1.51. The Hall–Kier alpha value is -0.940. The van der Waals surface area contributed by atoms with Crippen LogP contribution in [0, 0.1) is 0 Å². The van der Waals surface area contributed by atoms with Gasteiger partial charge in [-0.2, -0.15) is 0 Å². The normalized spacial score (nSPS) is 9.24. The Balaban J connectivity index is -0.000000202. The van der Waals surface area contributed by atoms with E-state index in [1.807, 2.05) is 41.7 Å². The number of aldehydes is 1. The Morgan fingerprint density at radius 3 is 2.12 bits per heavy atom. The van der Waals surface area contributed by atoms with Crippen LogP contribution in [-0.4, -0.2) is 31.4 Å². The van der Waals surface area contributed by atoms with E-state index >= 15 is 0 Å². The number of rotatable bonds is 6. The molecule has 4 nitrogen and oxygen atoms in total. The molecule has 0 saturated heterocycles. The van der Waals surface area contributed by atoms with E-state index in [1.165, 1.54) is 5.49 Å². The zero-order valence-corrected chi connectivity index (χ0v) is 12.6. The van der Waals surface area contributed by atoms with E-state index in [4.69, 9.17) is 0 Å². The van der Waals surface area contributed by atoms with Crippen LogP contribution in [0.15, 0.2) is 11.9 Å². The molecule has 0 spiro atoms. The molecule has 0 radical (unpaired) electrons. The Labute approximate surface area is 111 Å². The molecule has 0 heterocycles. The fourth-order valence-corrected chi connectivity index (χ4v) is 0.583. The second-order valence-corrected chi connectivity index (χ2v) is 3.33. The van der Waals surface area contributed by atoms with Gasteiger partial charge in [-0.3, -0.25) is 0 Å². The van der Waals surface area contributed by atoms with Crippen molar-refractivity contribution in [1.29, 1.82) is 0 Å². The zero-order valence-electron chi connectivity index (χ0n) is 11.8. The van der Waals surface area contributed by atoms with Gasteiger partial charge in [-0.15, -0.1) is 0 Å². The SMILES string of the molecule is CC.CC(C)NCC=O.CN/C(C)=C\NC=S. The maximum Gasteiger partial charge on any atom is 0.133 e. The number of hydrogen-bond acceptors (Lipinski definition) is 4. The number of allylic oxidation sites excluding steroid dienone is 1. The average molecular weight is 261 g/mol. The minimum atomic E-state index is 0.421. The highest BCUT2D eigenvalue weighted by Gasteiger charge is 1.85. The predicted molar refractivity (Wildman–Crippen MR) is 80.2 cm³/mol. The van der Waals surface area contributed by atoms with Gasteiger partial charge in [0.1, 0.15) is 6.29 Å². The van der Waals surface area contributed by atoms with Crippen molar-refractivity contribution in [3.8, 4) is 0 Å². The van der Waals surface area contributed by atoms with Crippen molar-refractivity contribution in [2.75, 3.05) is 13.6 Å². The highest BCUT2D eigenvalue weighted by atomic mass is 32.1. The second-order valence-electron chi connectivity index (χ2n) is 3.09. The van der Waals surface area contributed by atoms with Crippen LogP contribution < -0.4 is 16.0 Å². The fraction of sp³-hybridized carbons (Fsp3) is 0.667. The first kappa shape index (κ1) is 21.4. The molecule has 0 aromatic rings. The van der Waals surface area contributed by atoms with Gasteiger partial charge in [0.15, 0.2) is 0 Å². The minimum Gasteiger partial charge on any atom is -0.390 e. The number of hydrogen-bond donors (Lipinski definition) is 3. The zero-order chi connectivity index (χ0) is 14.1. The summed E-state index contributed by atoms with van der Waals surface area (Å²) in [4.78, 5) is 9.65. The van der Waals surface area contributed by atoms with Gasteiger partial charge in [-0.25, -0.2) is 0 Å². The van der Waals surface area contributed by atoms with Crippen LogP contribution in [0.1, 0.15) is 34.6 Å². The lowest BCUT2D eigenvalue weighted by atomic mass is 10.4. The van der Waals surface area contributed by atoms with Crippen molar-refractivity contribution < 1.29 is 4.79 Å². The summed E-state index contributed by atoms with van der Waals surface area (Å²) in [6, 6.07) is 0.421. The number of nitrogens with one attached hydrogen (secondary N) is 3. The average Bonchev–Trinajstić information content (AvgIpc) is 2.36. The number of carbonyl (C=O) groups is 1. The van der Waals surface area contributed by atoms with Crippen molar-refractivity contribution >= 4 is 24.0 Å². The Morgan fingerprint density at radius 2 is 1.88 bits per heavy atom. The molecular formula is C12H27N3OS. The fourth-order valence-electron chi connectivity index (χ4n) is 0.515. The molecule has 0 unspecified atom stereocenters. The van der Waals surface area contributed by atoms with Crippen LogP contribution in [0.4, 0.5) is 0 Å². The molecule has 3 N–H and O–H groups in total. The summed E-state index contributed by atoms with van der Waals surface area (Å²) in [6.45, 7) is 10.4. The summed E-state index contributed by atoms with van der Waals surface area (Å²) < 4.78 is 0. The van der Waals surface area contributed by atoms with Crippen molar-refractivity contribution in [2.24, 2.45) is 0 Å². The van der Waals surface area contributed by atoms with Gasteiger partial charge in [0.25, 0.3) is 0 Å². The first-order chi connectivity index (χ1) is 8.08. The van der Waals surface area contributed by atoms with Crippen molar-refractivity contribution in [2.45, 2.75) is 40.7 Å². The molecule has 0 atom stereocenters. The van der Waals surface area contributed by atoms with E-state index in [9.17, 15) is 4.79 Å². The second kappa shape index (κ2) is 20.5. The molecule has 0 aliphatic carbocycles. The molecule has 0 aliphatic rings. The topological polar surface area (TPSA) is 53.2 Å². The van der Waals surface area contributed by atoms with Gasteiger partial charge in [0, 0.05) is 25.0 Å². The monoisotopic (exact) mass is 261 g/mol. The van der Waals surface area contributed by atoms with Gasteiger partial charge >= 0.3 is 0 Å². The maximum absolute atomic E-state index is 9.65. The van der Waals surface area contributed by atoms with E-state index < -0.39 is 0 Å². The van der Waals surface area contributed by atoms with E-state index in [0.717, 1.165) is 12.0 Å². The van der Waals surface area contributed by atoms with Crippen LogP contribution >= 0.6 is 12.2 Å². The summed E-state index contributed by atoms with van der Waals surface area (Å²) in [5, 5.41) is 8.62. The van der Waals surface area contributed by atoms with E-state index in [0.29, 0.717) is 12.6 Å². The smallest absolute Gasteiger partial charge is 0.133 e. The van der Waals surface area contributed by atoms with Crippen molar-refractivity contribution in [3.05, 3.63) is 11.9 Å². The van der Waals surface area contributed by atoms with Crippen molar-refractivity contribution in [1.82, 2.24) is 16.0 Å². The van der Waals surface area contributed by atoms with Crippen LogP contribution in [-0.2, 0) is 4.79 Å². The summed E-state index contributed by atoms with van der Waals surface area (Å²) >= 11 is 4.51. The molecule has 0 fully saturated rings. The maximum atomic E-state index is 9.65. The Kier molecular flexibility index (Phi) is 25.7. The third kappa shape index (κ3) is 31.3. The Bertz CT molecular complexity index is 194. The summed E-state index contributed by atoms with van der Waals surface area (Å²) in [6.07, 6.45) is 2.66. The molecule has 5 heteroatoms. The molecular weight excluding hydrogens is 234 g/mol. The predicted octanol–water partition coefficient (Wildman–Crippen LogP) is 1.82. The molecule has 0 aromatic carbocycles. The number of carbonyl (C=O) groups excluding carboxylic acids is 1. The van der Waals surface area contributed by atoms with E-state index in [-0.39, 0.29) is 0 Å². The first-order valence-corrected chi connectivity index (χ1v) is 6.26. The molecule has 0 rings (SSSR count). The quantitative estimate of drug-likeness (QED) is 0.503. The standard InChI is InChI=1S/C5H10N2S.C5H11NO.C2H6/c1-5(6-2)3-7-4-8;1-5(2)6-3-4-7;1-2/h3-4,6H,1-2H3,(H,7,8);4-6H,3H2,1-2H3;1-2H3/b5-3-;;. The molecule has 0 saturated carbocycles. The summed E-state index contributed by atoms with van der Waals surface area (Å²) in [5.41, 5.74) is 2.52.